The standard InChI is InChI=1S/C5H9F2NO2S/c6-5(1-2-8-3-5)4-11(7,9)10/h8H,1-4H2. The van der Waals surface area contributed by atoms with Crippen molar-refractivity contribution in [1.29, 1.82) is 0 Å². The zero-order chi connectivity index (χ0) is 8.54. The topological polar surface area (TPSA) is 46.2 Å². The van der Waals surface area contributed by atoms with Gasteiger partial charge in [0.25, 0.3) is 0 Å². The molecule has 1 unspecified atom stereocenters. The van der Waals surface area contributed by atoms with Crippen LogP contribution in [0.4, 0.5) is 8.28 Å². The lowest BCUT2D eigenvalue weighted by atomic mass is 10.1. The number of rotatable bonds is 2. The zero-order valence-corrected chi connectivity index (χ0v) is 6.63. The molecule has 1 rings (SSSR count). The molecule has 0 amide bonds. The van der Waals surface area contributed by atoms with Crippen molar-refractivity contribution in [2.24, 2.45) is 0 Å². The molecular weight excluding hydrogens is 176 g/mol. The highest BCUT2D eigenvalue weighted by Crippen LogP contribution is 2.22. The molecule has 0 radical (unpaired) electrons. The first kappa shape index (κ1) is 8.86. The summed E-state index contributed by atoms with van der Waals surface area (Å²) in [6.07, 6.45) is 0.0656. The van der Waals surface area contributed by atoms with Crippen molar-refractivity contribution in [1.82, 2.24) is 5.32 Å². The van der Waals surface area contributed by atoms with Crippen molar-refractivity contribution in [3.05, 3.63) is 0 Å². The molecule has 1 aliphatic rings. The zero-order valence-electron chi connectivity index (χ0n) is 5.81. The summed E-state index contributed by atoms with van der Waals surface area (Å²) in [4.78, 5) is 0. The van der Waals surface area contributed by atoms with E-state index in [0.29, 0.717) is 6.54 Å². The van der Waals surface area contributed by atoms with Crippen LogP contribution in [-0.4, -0.2) is 32.9 Å². The van der Waals surface area contributed by atoms with Crippen LogP contribution in [0, 0.1) is 0 Å². The van der Waals surface area contributed by atoms with Crippen LogP contribution in [0.5, 0.6) is 0 Å². The van der Waals surface area contributed by atoms with Crippen molar-refractivity contribution >= 4 is 10.2 Å². The Hall–Kier alpha value is -0.230. The Morgan fingerprint density at radius 2 is 2.18 bits per heavy atom. The lowest BCUT2D eigenvalue weighted by Crippen LogP contribution is -2.33. The van der Waals surface area contributed by atoms with E-state index in [9.17, 15) is 16.7 Å². The van der Waals surface area contributed by atoms with Gasteiger partial charge in [0.2, 0.25) is 0 Å². The molecule has 1 aliphatic heterocycles. The molecule has 0 aromatic carbocycles. The second-order valence-corrected chi connectivity index (χ2v) is 4.13. The van der Waals surface area contributed by atoms with Crippen LogP contribution in [-0.2, 0) is 10.2 Å². The molecule has 0 bridgehead atoms. The van der Waals surface area contributed by atoms with E-state index in [1.165, 1.54) is 0 Å². The van der Waals surface area contributed by atoms with Crippen LogP contribution in [0.1, 0.15) is 6.42 Å². The van der Waals surface area contributed by atoms with E-state index >= 15 is 0 Å². The minimum Gasteiger partial charge on any atom is -0.313 e. The molecule has 0 aromatic rings. The van der Waals surface area contributed by atoms with E-state index in [1.807, 2.05) is 0 Å². The maximum absolute atomic E-state index is 13.1. The van der Waals surface area contributed by atoms with Gasteiger partial charge in [-0.2, -0.15) is 8.42 Å². The Morgan fingerprint density at radius 1 is 1.55 bits per heavy atom. The number of halogens is 2. The molecule has 0 spiro atoms. The maximum atomic E-state index is 13.1. The van der Waals surface area contributed by atoms with Gasteiger partial charge in [-0.25, -0.2) is 4.39 Å². The molecular formula is C5H9F2NO2S. The second-order valence-electron chi connectivity index (χ2n) is 2.76. The summed E-state index contributed by atoms with van der Waals surface area (Å²) < 4.78 is 45.2. The van der Waals surface area contributed by atoms with Crippen LogP contribution in [0.2, 0.25) is 0 Å². The summed E-state index contributed by atoms with van der Waals surface area (Å²) in [5.74, 6) is -1.02. The molecule has 1 heterocycles. The fraction of sp³-hybridized carbons (Fsp3) is 1.00. The summed E-state index contributed by atoms with van der Waals surface area (Å²) in [6.45, 7) is 0.335. The summed E-state index contributed by atoms with van der Waals surface area (Å²) in [7, 11) is -4.68. The molecule has 66 valence electrons. The second kappa shape index (κ2) is 2.67. The Bertz CT molecular complexity index is 233. The minimum absolute atomic E-state index is 0.0656. The average molecular weight is 185 g/mol. The predicted molar refractivity (Wildman–Crippen MR) is 36.2 cm³/mol. The minimum atomic E-state index is -4.68. The molecule has 1 saturated heterocycles. The fourth-order valence-corrected chi connectivity index (χ4v) is 2.01. The summed E-state index contributed by atoms with van der Waals surface area (Å²) in [5.41, 5.74) is -1.90. The van der Waals surface area contributed by atoms with Gasteiger partial charge in [0, 0.05) is 6.54 Å². The van der Waals surface area contributed by atoms with Gasteiger partial charge in [0.1, 0.15) is 11.4 Å². The van der Waals surface area contributed by atoms with Crippen molar-refractivity contribution in [3.63, 3.8) is 0 Å². The number of hydrogen-bond donors (Lipinski definition) is 1. The van der Waals surface area contributed by atoms with Crippen molar-refractivity contribution in [2.75, 3.05) is 18.8 Å². The molecule has 1 N–H and O–H groups in total. The smallest absolute Gasteiger partial charge is 0.305 e. The monoisotopic (exact) mass is 185 g/mol. The van der Waals surface area contributed by atoms with Crippen LogP contribution < -0.4 is 5.32 Å². The van der Waals surface area contributed by atoms with Gasteiger partial charge < -0.3 is 5.32 Å². The van der Waals surface area contributed by atoms with Crippen molar-refractivity contribution < 1.29 is 16.7 Å². The Labute approximate surface area is 64.0 Å². The van der Waals surface area contributed by atoms with Gasteiger partial charge in [-0.15, -0.1) is 3.89 Å². The molecule has 0 aliphatic carbocycles. The SMILES string of the molecule is O=S(=O)(F)CC1(F)CCNC1. The molecule has 0 aromatic heterocycles. The number of alkyl halides is 1. The van der Waals surface area contributed by atoms with Gasteiger partial charge in [-0.3, -0.25) is 0 Å². The van der Waals surface area contributed by atoms with E-state index < -0.39 is 21.6 Å². The van der Waals surface area contributed by atoms with E-state index in [4.69, 9.17) is 0 Å². The molecule has 3 nitrogen and oxygen atoms in total. The fourth-order valence-electron chi connectivity index (χ4n) is 1.15. The van der Waals surface area contributed by atoms with E-state index in [-0.39, 0.29) is 13.0 Å². The molecule has 0 saturated carbocycles. The third-order valence-corrected chi connectivity index (χ3v) is 2.48. The average Bonchev–Trinajstić information content (AvgIpc) is 2.09. The van der Waals surface area contributed by atoms with Gasteiger partial charge >= 0.3 is 10.2 Å². The maximum Gasteiger partial charge on any atom is 0.305 e. The lowest BCUT2D eigenvalue weighted by molar-refractivity contribution is 0.219. The van der Waals surface area contributed by atoms with Gasteiger partial charge in [0.05, 0.1) is 0 Å². The molecule has 1 fully saturated rings. The molecule has 1 atom stereocenters. The van der Waals surface area contributed by atoms with E-state index in [1.54, 1.807) is 0 Å². The summed E-state index contributed by atoms with van der Waals surface area (Å²) in [5, 5.41) is 2.63. The first-order valence-corrected chi connectivity index (χ1v) is 4.79. The Morgan fingerprint density at radius 3 is 2.55 bits per heavy atom. The molecule has 6 heteroatoms. The van der Waals surface area contributed by atoms with Crippen LogP contribution in [0.15, 0.2) is 0 Å². The van der Waals surface area contributed by atoms with Gasteiger partial charge in [0.15, 0.2) is 0 Å². The first-order chi connectivity index (χ1) is 4.91. The Kier molecular flexibility index (Phi) is 2.15. The van der Waals surface area contributed by atoms with Crippen LogP contribution in [0.25, 0.3) is 0 Å². The first-order valence-electron chi connectivity index (χ1n) is 3.23. The highest BCUT2D eigenvalue weighted by atomic mass is 32.3. The third-order valence-electron chi connectivity index (χ3n) is 1.62. The highest BCUT2D eigenvalue weighted by Gasteiger charge is 2.38. The van der Waals surface area contributed by atoms with Crippen molar-refractivity contribution in [3.8, 4) is 0 Å². The van der Waals surface area contributed by atoms with Crippen molar-refractivity contribution in [2.45, 2.75) is 12.1 Å². The predicted octanol–water partition coefficient (Wildman–Crippen LogP) is -0.0127. The van der Waals surface area contributed by atoms with E-state index in [2.05, 4.69) is 5.32 Å². The summed E-state index contributed by atoms with van der Waals surface area (Å²) >= 11 is 0. The quantitative estimate of drug-likeness (QED) is 0.615. The number of hydrogen-bond acceptors (Lipinski definition) is 3. The largest absolute Gasteiger partial charge is 0.313 e. The molecule has 11 heavy (non-hydrogen) atoms. The summed E-state index contributed by atoms with van der Waals surface area (Å²) in [6, 6.07) is 0. The van der Waals surface area contributed by atoms with E-state index in [0.717, 1.165) is 0 Å². The lowest BCUT2D eigenvalue weighted by Gasteiger charge is -2.13. The van der Waals surface area contributed by atoms with Crippen LogP contribution in [0.3, 0.4) is 0 Å². The normalized spacial score (nSPS) is 32.5. The van der Waals surface area contributed by atoms with Gasteiger partial charge in [-0.1, -0.05) is 0 Å². The Balaban J connectivity index is 2.60. The number of nitrogens with one attached hydrogen (secondary N) is 1. The highest BCUT2D eigenvalue weighted by molar-refractivity contribution is 7.86. The third kappa shape index (κ3) is 2.70. The van der Waals surface area contributed by atoms with Gasteiger partial charge in [-0.05, 0) is 13.0 Å². The van der Waals surface area contributed by atoms with Crippen LogP contribution >= 0.6 is 0 Å².